The second-order valence-corrected chi connectivity index (χ2v) is 5.77. The number of nitrogens with one attached hydrogen (secondary N) is 1. The van der Waals surface area contributed by atoms with Crippen molar-refractivity contribution in [1.29, 1.82) is 0 Å². The van der Waals surface area contributed by atoms with Gasteiger partial charge in [0.1, 0.15) is 0 Å². The van der Waals surface area contributed by atoms with Crippen molar-refractivity contribution in [3.63, 3.8) is 0 Å². The highest BCUT2D eigenvalue weighted by atomic mass is 14.8. The molecule has 0 fully saturated rings. The molecule has 0 saturated carbocycles. The summed E-state index contributed by atoms with van der Waals surface area (Å²) in [6, 6.07) is 17.4. The average molecular weight is 266 g/mol. The molecule has 21 heavy (non-hydrogen) atoms. The molecule has 0 atom stereocenters. The molecule has 0 bridgehead atoms. The van der Waals surface area contributed by atoms with Crippen molar-refractivity contribution < 1.29 is 0 Å². The highest BCUT2D eigenvalue weighted by molar-refractivity contribution is 6.37. The molecule has 2 heteroatoms. The first-order chi connectivity index (χ1) is 10.4. The van der Waals surface area contributed by atoms with Gasteiger partial charge in [0, 0.05) is 33.1 Å². The minimum Gasteiger partial charge on any atom is -0.351 e. The Morgan fingerprint density at radius 3 is 2.62 bits per heavy atom. The second kappa shape index (κ2) is 3.07. The summed E-state index contributed by atoms with van der Waals surface area (Å²) in [5.41, 5.74) is 3.68. The first-order valence-electron chi connectivity index (χ1n) is 7.17. The Morgan fingerprint density at radius 2 is 1.62 bits per heavy atom. The fourth-order valence-electron chi connectivity index (χ4n) is 3.75. The lowest BCUT2D eigenvalue weighted by Gasteiger charge is -2.10. The number of rotatable bonds is 0. The topological polar surface area (TPSA) is 28.7 Å². The molecule has 2 nitrogen and oxygen atoms in total. The Hall–Kier alpha value is -2.87. The molecule has 0 radical (unpaired) electrons. The highest BCUT2D eigenvalue weighted by Crippen LogP contribution is 2.44. The Morgan fingerprint density at radius 1 is 0.714 bits per heavy atom. The molecule has 6 aromatic rings. The number of H-pyrrole nitrogens is 1. The molecular formula is C19H10N2. The number of aromatic amines is 1. The van der Waals surface area contributed by atoms with Gasteiger partial charge in [-0.05, 0) is 22.9 Å². The predicted octanol–water partition coefficient (Wildman–Crippen LogP) is 5.05. The van der Waals surface area contributed by atoms with Gasteiger partial charge in [-0.2, -0.15) is 0 Å². The third kappa shape index (κ3) is 1.05. The van der Waals surface area contributed by atoms with Crippen molar-refractivity contribution in [3.8, 4) is 0 Å². The number of fused-ring (bicyclic) bond motifs is 5. The Labute approximate surface area is 119 Å². The summed E-state index contributed by atoms with van der Waals surface area (Å²) < 4.78 is 0. The molecule has 0 amide bonds. The summed E-state index contributed by atoms with van der Waals surface area (Å²) in [6.45, 7) is 0. The van der Waals surface area contributed by atoms with Gasteiger partial charge in [0.15, 0.2) is 0 Å². The molecule has 0 aliphatic heterocycles. The van der Waals surface area contributed by atoms with E-state index < -0.39 is 0 Å². The van der Waals surface area contributed by atoms with Crippen LogP contribution in [0.4, 0.5) is 0 Å². The van der Waals surface area contributed by atoms with Crippen LogP contribution in [0.1, 0.15) is 0 Å². The maximum Gasteiger partial charge on any atom is 0.0780 e. The molecule has 6 rings (SSSR count). The quantitative estimate of drug-likeness (QED) is 0.302. The first kappa shape index (κ1) is 9.94. The molecule has 0 aliphatic rings. The fraction of sp³-hybridized carbons (Fsp3) is 0. The molecular weight excluding hydrogens is 256 g/mol. The molecule has 2 aromatic heterocycles. The van der Waals surface area contributed by atoms with E-state index in [9.17, 15) is 0 Å². The molecule has 4 aromatic carbocycles. The van der Waals surface area contributed by atoms with Gasteiger partial charge in [-0.1, -0.05) is 36.4 Å². The van der Waals surface area contributed by atoms with Gasteiger partial charge in [0.05, 0.1) is 16.6 Å². The summed E-state index contributed by atoms with van der Waals surface area (Å²) in [5.74, 6) is 0. The van der Waals surface area contributed by atoms with Crippen LogP contribution in [0, 0.1) is 0 Å². The molecule has 0 saturated heterocycles. The minimum absolute atomic E-state index is 1.10. The van der Waals surface area contributed by atoms with Gasteiger partial charge in [-0.3, -0.25) is 4.98 Å². The summed E-state index contributed by atoms with van der Waals surface area (Å²) in [7, 11) is 0. The molecule has 0 unspecified atom stereocenters. The van der Waals surface area contributed by atoms with Crippen molar-refractivity contribution in [3.05, 3.63) is 54.7 Å². The lowest BCUT2D eigenvalue weighted by atomic mass is 9.93. The zero-order valence-corrected chi connectivity index (χ0v) is 11.1. The van der Waals surface area contributed by atoms with Crippen LogP contribution in [0.2, 0.25) is 0 Å². The minimum atomic E-state index is 1.10. The Bertz CT molecular complexity index is 1280. The van der Waals surface area contributed by atoms with Gasteiger partial charge in [0.25, 0.3) is 0 Å². The SMILES string of the molecule is c1cnc2c(c1)cc1c3[nH]c3c3cccc4ccc2c1c43. The molecule has 1 N–H and O–H groups in total. The first-order valence-corrected chi connectivity index (χ1v) is 7.17. The van der Waals surface area contributed by atoms with E-state index >= 15 is 0 Å². The van der Waals surface area contributed by atoms with Gasteiger partial charge in [-0.25, -0.2) is 0 Å². The number of benzene rings is 4. The van der Waals surface area contributed by atoms with E-state index in [2.05, 4.69) is 52.4 Å². The van der Waals surface area contributed by atoms with Crippen LogP contribution < -0.4 is 0 Å². The van der Waals surface area contributed by atoms with Gasteiger partial charge < -0.3 is 4.98 Å². The lowest BCUT2D eigenvalue weighted by Crippen LogP contribution is -1.86. The Kier molecular flexibility index (Phi) is 1.45. The van der Waals surface area contributed by atoms with Crippen molar-refractivity contribution in [2.24, 2.45) is 0 Å². The number of hydrogen-bond acceptors (Lipinski definition) is 1. The zero-order chi connectivity index (χ0) is 13.6. The van der Waals surface area contributed by atoms with Crippen molar-refractivity contribution >= 4 is 54.3 Å². The fourth-order valence-corrected chi connectivity index (χ4v) is 3.75. The third-order valence-electron chi connectivity index (χ3n) is 4.68. The van der Waals surface area contributed by atoms with E-state index in [1.54, 1.807) is 0 Å². The van der Waals surface area contributed by atoms with Crippen LogP contribution in [-0.4, -0.2) is 9.97 Å². The largest absolute Gasteiger partial charge is 0.351 e. The maximum absolute atomic E-state index is 4.61. The van der Waals surface area contributed by atoms with Crippen LogP contribution in [0.15, 0.2) is 54.7 Å². The number of hydrogen-bond donors (Lipinski definition) is 1. The van der Waals surface area contributed by atoms with Crippen LogP contribution in [0.25, 0.3) is 54.3 Å². The summed E-state index contributed by atoms with van der Waals surface area (Å²) in [4.78, 5) is 8.09. The van der Waals surface area contributed by atoms with Crippen LogP contribution in [0.3, 0.4) is 0 Å². The van der Waals surface area contributed by atoms with Gasteiger partial charge >= 0.3 is 0 Å². The molecule has 0 spiro atoms. The van der Waals surface area contributed by atoms with E-state index in [0.717, 1.165) is 5.52 Å². The van der Waals surface area contributed by atoms with E-state index in [0.29, 0.717) is 0 Å². The van der Waals surface area contributed by atoms with Crippen molar-refractivity contribution in [2.45, 2.75) is 0 Å². The lowest BCUT2D eigenvalue weighted by molar-refractivity contribution is 1.43. The van der Waals surface area contributed by atoms with Gasteiger partial charge in [-0.15, -0.1) is 0 Å². The van der Waals surface area contributed by atoms with Crippen LogP contribution in [-0.2, 0) is 0 Å². The Balaban J connectivity index is 2.11. The third-order valence-corrected chi connectivity index (χ3v) is 4.68. The van der Waals surface area contributed by atoms with E-state index in [-0.39, 0.29) is 0 Å². The summed E-state index contributed by atoms with van der Waals surface area (Å²) >= 11 is 0. The van der Waals surface area contributed by atoms with Crippen LogP contribution in [0.5, 0.6) is 0 Å². The van der Waals surface area contributed by atoms with E-state index in [4.69, 9.17) is 0 Å². The number of pyridine rings is 1. The standard InChI is InChI=1S/C19H10N2/c1-3-10-6-7-13-16-14(9-11-4-2-8-20-17(11)13)19-18(21-19)12(5-1)15(10)16/h1-9,21H. The molecule has 2 heterocycles. The smallest absolute Gasteiger partial charge is 0.0780 e. The van der Waals surface area contributed by atoms with Crippen molar-refractivity contribution in [2.75, 3.05) is 0 Å². The predicted molar refractivity (Wildman–Crippen MR) is 88.5 cm³/mol. The maximum atomic E-state index is 4.61. The molecule has 96 valence electrons. The van der Waals surface area contributed by atoms with E-state index in [1.807, 2.05) is 12.3 Å². The van der Waals surface area contributed by atoms with Crippen molar-refractivity contribution in [1.82, 2.24) is 9.97 Å². The molecule has 0 aliphatic carbocycles. The van der Waals surface area contributed by atoms with E-state index in [1.165, 1.54) is 48.7 Å². The normalized spacial score (nSPS) is 12.8. The highest BCUT2D eigenvalue weighted by Gasteiger charge is 2.19. The summed E-state index contributed by atoms with van der Waals surface area (Å²) in [5, 5.41) is 9.12. The average Bonchev–Trinajstić information content (AvgIpc) is 3.34. The van der Waals surface area contributed by atoms with Gasteiger partial charge in [0.2, 0.25) is 0 Å². The second-order valence-electron chi connectivity index (χ2n) is 5.77. The van der Waals surface area contributed by atoms with Crippen LogP contribution >= 0.6 is 0 Å². The number of nitrogens with zero attached hydrogens (tertiary/aromatic N) is 1. The zero-order valence-electron chi connectivity index (χ0n) is 11.1. The monoisotopic (exact) mass is 266 g/mol. The number of aromatic nitrogens is 2. The summed E-state index contributed by atoms with van der Waals surface area (Å²) in [6.07, 6.45) is 1.88.